The third-order valence-corrected chi connectivity index (χ3v) is 3.62. The summed E-state index contributed by atoms with van der Waals surface area (Å²) >= 11 is 0. The fourth-order valence-electron chi connectivity index (χ4n) is 2.50. The fourth-order valence-corrected chi connectivity index (χ4v) is 2.50. The van der Waals surface area contributed by atoms with E-state index in [0.29, 0.717) is 13.2 Å². The van der Waals surface area contributed by atoms with Gasteiger partial charge in [-0.25, -0.2) is 4.98 Å². The number of nitrogens with one attached hydrogen (secondary N) is 1. The Morgan fingerprint density at radius 1 is 1.52 bits per heavy atom. The van der Waals surface area contributed by atoms with Gasteiger partial charge in [-0.2, -0.15) is 0 Å². The van der Waals surface area contributed by atoms with Crippen molar-refractivity contribution < 1.29 is 9.53 Å². The Kier molecular flexibility index (Phi) is 3.77. The first-order valence-electron chi connectivity index (χ1n) is 7.03. The summed E-state index contributed by atoms with van der Waals surface area (Å²) in [5.74, 6) is 0.853. The van der Waals surface area contributed by atoms with E-state index in [9.17, 15) is 4.79 Å². The first-order chi connectivity index (χ1) is 10.3. The van der Waals surface area contributed by atoms with Gasteiger partial charge in [0, 0.05) is 18.4 Å². The van der Waals surface area contributed by atoms with E-state index in [4.69, 9.17) is 4.74 Å². The molecule has 0 aliphatic carbocycles. The summed E-state index contributed by atoms with van der Waals surface area (Å²) in [6.07, 6.45) is 4.35. The number of ether oxygens (including phenoxy) is 1. The smallest absolute Gasteiger partial charge is 0.214 e. The van der Waals surface area contributed by atoms with Crippen LogP contribution in [0.25, 0.3) is 0 Å². The molecule has 2 heterocycles. The Balaban J connectivity index is 1.91. The Bertz CT molecular complexity index is 612. The predicted octanol–water partition coefficient (Wildman–Crippen LogP) is 1.79. The van der Waals surface area contributed by atoms with Crippen LogP contribution in [0.5, 0.6) is 5.75 Å². The molecule has 0 radical (unpaired) electrons. The van der Waals surface area contributed by atoms with Gasteiger partial charge in [0.15, 0.2) is 0 Å². The maximum Gasteiger partial charge on any atom is 0.214 e. The third-order valence-electron chi connectivity index (χ3n) is 3.62. The topological polar surface area (TPSA) is 61.5 Å². The molecule has 1 aromatic heterocycles. The van der Waals surface area contributed by atoms with Crippen LogP contribution in [-0.4, -0.2) is 36.1 Å². The second-order valence-electron chi connectivity index (χ2n) is 4.89. The number of aromatic nitrogens is 2. The molecule has 1 N–H and O–H groups in total. The van der Waals surface area contributed by atoms with Gasteiger partial charge in [-0.1, -0.05) is 0 Å². The highest BCUT2D eigenvalue weighted by Gasteiger charge is 2.20. The molecule has 0 fully saturated rings. The van der Waals surface area contributed by atoms with Gasteiger partial charge >= 0.3 is 0 Å². The zero-order chi connectivity index (χ0) is 14.7. The molecule has 0 unspecified atom stereocenters. The number of hydrogen-bond acceptors (Lipinski definition) is 4. The Labute approximate surface area is 123 Å². The number of carbonyl (C=O) groups is 1. The summed E-state index contributed by atoms with van der Waals surface area (Å²) in [6, 6.07) is 5.84. The van der Waals surface area contributed by atoms with Crippen molar-refractivity contribution in [2.45, 2.75) is 13.5 Å². The van der Waals surface area contributed by atoms with Crippen molar-refractivity contribution in [3.05, 3.63) is 36.4 Å². The molecule has 110 valence electrons. The number of nitrogens with zero attached hydrogens (tertiary/aromatic N) is 3. The number of hydrogen-bond donors (Lipinski definition) is 1. The zero-order valence-corrected chi connectivity index (χ0v) is 12.0. The summed E-state index contributed by atoms with van der Waals surface area (Å²) < 4.78 is 5.70. The molecule has 1 aliphatic rings. The number of rotatable bonds is 5. The normalized spacial score (nSPS) is 13.5. The first-order valence-corrected chi connectivity index (χ1v) is 7.03. The number of carbonyl (C=O) groups excluding carboxylic acids is 1. The van der Waals surface area contributed by atoms with E-state index in [1.165, 1.54) is 0 Å². The number of aromatic amines is 1. The van der Waals surface area contributed by atoms with Gasteiger partial charge in [0.2, 0.25) is 6.41 Å². The third kappa shape index (κ3) is 2.69. The number of H-pyrrole nitrogens is 1. The molecular weight excluding hydrogens is 268 g/mol. The number of anilines is 2. The van der Waals surface area contributed by atoms with E-state index in [1.807, 2.05) is 31.3 Å². The van der Waals surface area contributed by atoms with Crippen LogP contribution in [0.15, 0.2) is 30.7 Å². The number of benzene rings is 1. The maximum absolute atomic E-state index is 11.1. The van der Waals surface area contributed by atoms with Gasteiger partial charge in [-0.05, 0) is 25.1 Å². The number of amides is 1. The largest absolute Gasteiger partial charge is 0.490 e. The van der Waals surface area contributed by atoms with E-state index in [0.717, 1.165) is 42.3 Å². The first kappa shape index (κ1) is 13.5. The highest BCUT2D eigenvalue weighted by atomic mass is 16.5. The summed E-state index contributed by atoms with van der Waals surface area (Å²) in [6.45, 7) is 4.80. The lowest BCUT2D eigenvalue weighted by Gasteiger charge is -2.32. The molecule has 6 nitrogen and oxygen atoms in total. The molecule has 2 aromatic rings. The van der Waals surface area contributed by atoms with Crippen LogP contribution >= 0.6 is 0 Å². The molecule has 0 saturated carbocycles. The Morgan fingerprint density at radius 2 is 2.43 bits per heavy atom. The van der Waals surface area contributed by atoms with Gasteiger partial charge in [0.25, 0.3) is 0 Å². The van der Waals surface area contributed by atoms with Crippen LogP contribution in [-0.2, 0) is 11.3 Å². The molecule has 6 heteroatoms. The lowest BCUT2D eigenvalue weighted by Crippen LogP contribution is -2.32. The van der Waals surface area contributed by atoms with E-state index < -0.39 is 0 Å². The Hall–Kier alpha value is -2.50. The average molecular weight is 286 g/mol. The zero-order valence-electron chi connectivity index (χ0n) is 12.0. The lowest BCUT2D eigenvalue weighted by atomic mass is 10.2. The van der Waals surface area contributed by atoms with Crippen molar-refractivity contribution in [2.75, 3.05) is 29.5 Å². The van der Waals surface area contributed by atoms with Crippen LogP contribution in [0.2, 0.25) is 0 Å². The van der Waals surface area contributed by atoms with E-state index >= 15 is 0 Å². The van der Waals surface area contributed by atoms with Crippen molar-refractivity contribution in [1.82, 2.24) is 9.97 Å². The molecule has 0 bridgehead atoms. The van der Waals surface area contributed by atoms with Gasteiger partial charge < -0.3 is 19.5 Å². The minimum absolute atomic E-state index is 0.643. The maximum atomic E-state index is 11.1. The minimum Gasteiger partial charge on any atom is -0.490 e. The average Bonchev–Trinajstić information content (AvgIpc) is 3.02. The van der Waals surface area contributed by atoms with Crippen molar-refractivity contribution in [3.8, 4) is 5.75 Å². The standard InChI is InChI=1S/C15H18N4O2/c1-2-18(11-20)13-3-4-15-14(7-13)19(5-6-21-15)9-12-8-16-10-17-12/h3-4,7-8,10-11H,2,5-6,9H2,1H3,(H,16,17). The van der Waals surface area contributed by atoms with Gasteiger partial charge in [0.05, 0.1) is 30.8 Å². The minimum atomic E-state index is 0.643. The second kappa shape index (κ2) is 5.87. The molecule has 0 saturated heterocycles. The molecule has 1 amide bonds. The monoisotopic (exact) mass is 286 g/mol. The van der Waals surface area contributed by atoms with Gasteiger partial charge in [-0.3, -0.25) is 4.79 Å². The fraction of sp³-hybridized carbons (Fsp3) is 0.333. The Morgan fingerprint density at radius 3 is 3.14 bits per heavy atom. The van der Waals surface area contributed by atoms with Crippen LogP contribution in [0.4, 0.5) is 11.4 Å². The second-order valence-corrected chi connectivity index (χ2v) is 4.89. The summed E-state index contributed by atoms with van der Waals surface area (Å²) in [4.78, 5) is 22.2. The highest BCUT2D eigenvalue weighted by molar-refractivity contribution is 5.79. The molecule has 3 rings (SSSR count). The van der Waals surface area contributed by atoms with Crippen LogP contribution in [0.1, 0.15) is 12.6 Å². The van der Waals surface area contributed by atoms with Gasteiger partial charge in [0.1, 0.15) is 12.4 Å². The van der Waals surface area contributed by atoms with Crippen molar-refractivity contribution in [2.24, 2.45) is 0 Å². The molecule has 1 aliphatic heterocycles. The van der Waals surface area contributed by atoms with Crippen molar-refractivity contribution in [3.63, 3.8) is 0 Å². The van der Waals surface area contributed by atoms with E-state index in [2.05, 4.69) is 14.9 Å². The van der Waals surface area contributed by atoms with Crippen molar-refractivity contribution in [1.29, 1.82) is 0 Å². The van der Waals surface area contributed by atoms with Crippen LogP contribution in [0.3, 0.4) is 0 Å². The quantitative estimate of drug-likeness (QED) is 0.851. The van der Waals surface area contributed by atoms with Gasteiger partial charge in [-0.15, -0.1) is 0 Å². The molecule has 1 aromatic carbocycles. The van der Waals surface area contributed by atoms with E-state index in [1.54, 1.807) is 11.2 Å². The molecule has 0 atom stereocenters. The number of imidazole rings is 1. The van der Waals surface area contributed by atoms with Crippen LogP contribution in [0, 0.1) is 0 Å². The van der Waals surface area contributed by atoms with E-state index in [-0.39, 0.29) is 0 Å². The summed E-state index contributed by atoms with van der Waals surface area (Å²) in [5.41, 5.74) is 2.94. The molecule has 21 heavy (non-hydrogen) atoms. The SMILES string of the molecule is CCN(C=O)c1ccc2c(c1)N(Cc1cnc[nH]1)CCO2. The summed E-state index contributed by atoms with van der Waals surface area (Å²) in [5, 5.41) is 0. The summed E-state index contributed by atoms with van der Waals surface area (Å²) in [7, 11) is 0. The van der Waals surface area contributed by atoms with Crippen molar-refractivity contribution >= 4 is 17.8 Å². The van der Waals surface area contributed by atoms with Crippen LogP contribution < -0.4 is 14.5 Å². The highest BCUT2D eigenvalue weighted by Crippen LogP contribution is 2.35. The predicted molar refractivity (Wildman–Crippen MR) is 80.7 cm³/mol. The lowest BCUT2D eigenvalue weighted by molar-refractivity contribution is -0.107. The molecular formula is C15H18N4O2. The molecule has 0 spiro atoms. The number of fused-ring (bicyclic) bond motifs is 1.